The molecule has 0 saturated heterocycles. The van der Waals surface area contributed by atoms with Gasteiger partial charge in [0.1, 0.15) is 6.61 Å². The standard InChI is InChI=1S/C12H12ClN3O2/c1-8-5-11(14-12(18)7-17)15-16(8)10-4-2-3-9(13)6-10/h2-6,17H,7H2,1H3,(H,14,15,18). The molecule has 2 rings (SSSR count). The van der Waals surface area contributed by atoms with E-state index < -0.39 is 12.5 Å². The van der Waals surface area contributed by atoms with Gasteiger partial charge in [-0.2, -0.15) is 0 Å². The van der Waals surface area contributed by atoms with Crippen molar-refractivity contribution < 1.29 is 9.90 Å². The molecule has 94 valence electrons. The number of amides is 1. The van der Waals surface area contributed by atoms with Gasteiger partial charge in [-0.3, -0.25) is 4.79 Å². The predicted octanol–water partition coefficient (Wildman–Crippen LogP) is 1.76. The van der Waals surface area contributed by atoms with E-state index in [2.05, 4.69) is 10.4 Å². The molecule has 0 aliphatic carbocycles. The molecule has 0 aliphatic heterocycles. The van der Waals surface area contributed by atoms with Gasteiger partial charge in [0.2, 0.25) is 0 Å². The van der Waals surface area contributed by atoms with Crippen LogP contribution in [0.3, 0.4) is 0 Å². The number of halogens is 1. The van der Waals surface area contributed by atoms with Gasteiger partial charge in [0, 0.05) is 16.8 Å². The first-order chi connectivity index (χ1) is 8.60. The Kier molecular flexibility index (Phi) is 3.64. The SMILES string of the molecule is Cc1cc(NC(=O)CO)nn1-c1cccc(Cl)c1. The maximum absolute atomic E-state index is 11.1. The van der Waals surface area contributed by atoms with E-state index in [0.717, 1.165) is 11.4 Å². The number of nitrogens with one attached hydrogen (secondary N) is 1. The van der Waals surface area contributed by atoms with Crippen molar-refractivity contribution in [1.29, 1.82) is 0 Å². The van der Waals surface area contributed by atoms with Crippen LogP contribution in [0.4, 0.5) is 5.82 Å². The van der Waals surface area contributed by atoms with E-state index in [-0.39, 0.29) is 0 Å². The lowest BCUT2D eigenvalue weighted by Crippen LogP contribution is -2.15. The molecule has 0 aliphatic rings. The van der Waals surface area contributed by atoms with Crippen LogP contribution in [-0.2, 0) is 4.79 Å². The number of carbonyl (C=O) groups excluding carboxylic acids is 1. The van der Waals surface area contributed by atoms with Crippen molar-refractivity contribution in [2.45, 2.75) is 6.92 Å². The normalized spacial score (nSPS) is 10.4. The summed E-state index contributed by atoms with van der Waals surface area (Å²) in [5.74, 6) is -0.0998. The minimum absolute atomic E-state index is 0.395. The highest BCUT2D eigenvalue weighted by Crippen LogP contribution is 2.18. The minimum atomic E-state index is -0.566. The zero-order valence-electron chi connectivity index (χ0n) is 9.72. The number of anilines is 1. The molecule has 0 unspecified atom stereocenters. The molecule has 0 radical (unpaired) electrons. The van der Waals surface area contributed by atoms with E-state index in [4.69, 9.17) is 16.7 Å². The maximum atomic E-state index is 11.1. The lowest BCUT2D eigenvalue weighted by Gasteiger charge is -2.04. The summed E-state index contributed by atoms with van der Waals surface area (Å²) in [6.07, 6.45) is 0. The fourth-order valence-corrected chi connectivity index (χ4v) is 1.77. The van der Waals surface area contributed by atoms with Crippen LogP contribution < -0.4 is 5.32 Å². The van der Waals surface area contributed by atoms with Gasteiger partial charge in [-0.05, 0) is 25.1 Å². The van der Waals surface area contributed by atoms with Crippen LogP contribution in [0.1, 0.15) is 5.69 Å². The quantitative estimate of drug-likeness (QED) is 0.889. The Labute approximate surface area is 109 Å². The van der Waals surface area contributed by atoms with Gasteiger partial charge in [0.25, 0.3) is 5.91 Å². The van der Waals surface area contributed by atoms with Crippen LogP contribution in [0.15, 0.2) is 30.3 Å². The molecule has 0 atom stereocenters. The first-order valence-electron chi connectivity index (χ1n) is 5.33. The maximum Gasteiger partial charge on any atom is 0.251 e. The van der Waals surface area contributed by atoms with Crippen molar-refractivity contribution >= 4 is 23.3 Å². The van der Waals surface area contributed by atoms with Gasteiger partial charge in [-0.25, -0.2) is 4.68 Å². The lowest BCUT2D eigenvalue weighted by atomic mass is 10.3. The second kappa shape index (κ2) is 5.20. The van der Waals surface area contributed by atoms with E-state index in [0.29, 0.717) is 10.8 Å². The molecular weight excluding hydrogens is 254 g/mol. The number of aryl methyl sites for hydroxylation is 1. The summed E-state index contributed by atoms with van der Waals surface area (Å²) in [5.41, 5.74) is 1.66. The van der Waals surface area contributed by atoms with Gasteiger partial charge in [0.05, 0.1) is 5.69 Å². The van der Waals surface area contributed by atoms with Crippen molar-refractivity contribution in [3.8, 4) is 5.69 Å². The highest BCUT2D eigenvalue weighted by atomic mass is 35.5. The highest BCUT2D eigenvalue weighted by Gasteiger charge is 2.08. The van der Waals surface area contributed by atoms with Crippen molar-refractivity contribution in [2.24, 2.45) is 0 Å². The molecule has 1 aromatic carbocycles. The number of nitrogens with zero attached hydrogens (tertiary/aromatic N) is 2. The summed E-state index contributed by atoms with van der Waals surface area (Å²) in [6.45, 7) is 1.30. The summed E-state index contributed by atoms with van der Waals surface area (Å²) in [4.78, 5) is 11.1. The van der Waals surface area contributed by atoms with Crippen molar-refractivity contribution in [2.75, 3.05) is 11.9 Å². The lowest BCUT2D eigenvalue weighted by molar-refractivity contribution is -0.118. The molecule has 0 saturated carbocycles. The molecule has 2 N–H and O–H groups in total. The van der Waals surface area contributed by atoms with Gasteiger partial charge < -0.3 is 10.4 Å². The summed E-state index contributed by atoms with van der Waals surface area (Å²) in [5, 5.41) is 16.0. The average Bonchev–Trinajstić information content (AvgIpc) is 2.70. The van der Waals surface area contributed by atoms with Crippen LogP contribution >= 0.6 is 11.6 Å². The fraction of sp³-hybridized carbons (Fsp3) is 0.167. The fourth-order valence-electron chi connectivity index (χ4n) is 1.59. The first kappa shape index (κ1) is 12.6. The number of aromatic nitrogens is 2. The number of aliphatic hydroxyl groups is 1. The number of benzene rings is 1. The number of hydrogen-bond donors (Lipinski definition) is 2. The summed E-state index contributed by atoms with van der Waals surface area (Å²) in [6, 6.07) is 8.96. The second-order valence-electron chi connectivity index (χ2n) is 3.77. The van der Waals surface area contributed by atoms with Crippen LogP contribution in [0.5, 0.6) is 0 Å². The average molecular weight is 266 g/mol. The number of rotatable bonds is 3. The third-order valence-electron chi connectivity index (χ3n) is 2.35. The summed E-state index contributed by atoms with van der Waals surface area (Å²) < 4.78 is 1.67. The van der Waals surface area contributed by atoms with Crippen molar-refractivity contribution in [3.63, 3.8) is 0 Å². The van der Waals surface area contributed by atoms with Crippen LogP contribution in [0.2, 0.25) is 5.02 Å². The topological polar surface area (TPSA) is 67.2 Å². The Balaban J connectivity index is 2.32. The smallest absolute Gasteiger partial charge is 0.251 e. The molecule has 1 amide bonds. The Bertz CT molecular complexity index is 580. The molecule has 1 heterocycles. The molecule has 0 bridgehead atoms. The predicted molar refractivity (Wildman–Crippen MR) is 69.0 cm³/mol. The van der Waals surface area contributed by atoms with E-state index in [1.54, 1.807) is 22.9 Å². The van der Waals surface area contributed by atoms with E-state index in [1.165, 1.54) is 0 Å². The van der Waals surface area contributed by atoms with Crippen LogP contribution in [0, 0.1) is 6.92 Å². The Morgan fingerprint density at radius 1 is 1.50 bits per heavy atom. The Hall–Kier alpha value is -1.85. The van der Waals surface area contributed by atoms with Crippen LogP contribution in [-0.4, -0.2) is 27.4 Å². The van der Waals surface area contributed by atoms with Gasteiger partial charge in [0.15, 0.2) is 5.82 Å². The zero-order valence-corrected chi connectivity index (χ0v) is 10.5. The van der Waals surface area contributed by atoms with Crippen molar-refractivity contribution in [3.05, 3.63) is 41.0 Å². The van der Waals surface area contributed by atoms with E-state index in [1.807, 2.05) is 19.1 Å². The van der Waals surface area contributed by atoms with Gasteiger partial charge in [-0.15, -0.1) is 5.10 Å². The summed E-state index contributed by atoms with van der Waals surface area (Å²) >= 11 is 5.92. The number of hydrogen-bond acceptors (Lipinski definition) is 3. The van der Waals surface area contributed by atoms with Gasteiger partial charge >= 0.3 is 0 Å². The molecular formula is C12H12ClN3O2. The molecule has 0 fully saturated rings. The Morgan fingerprint density at radius 2 is 2.28 bits per heavy atom. The third kappa shape index (κ3) is 2.69. The number of carbonyl (C=O) groups is 1. The van der Waals surface area contributed by atoms with Crippen LogP contribution in [0.25, 0.3) is 5.69 Å². The first-order valence-corrected chi connectivity index (χ1v) is 5.71. The van der Waals surface area contributed by atoms with E-state index in [9.17, 15) is 4.79 Å². The van der Waals surface area contributed by atoms with Gasteiger partial charge in [-0.1, -0.05) is 17.7 Å². The number of aliphatic hydroxyl groups excluding tert-OH is 1. The molecule has 2 aromatic rings. The Morgan fingerprint density at radius 3 is 2.94 bits per heavy atom. The minimum Gasteiger partial charge on any atom is -0.387 e. The molecule has 6 heteroatoms. The van der Waals surface area contributed by atoms with Crippen molar-refractivity contribution in [1.82, 2.24) is 9.78 Å². The summed E-state index contributed by atoms with van der Waals surface area (Å²) in [7, 11) is 0. The zero-order chi connectivity index (χ0) is 13.1. The highest BCUT2D eigenvalue weighted by molar-refractivity contribution is 6.30. The third-order valence-corrected chi connectivity index (χ3v) is 2.59. The monoisotopic (exact) mass is 265 g/mol. The largest absolute Gasteiger partial charge is 0.387 e. The molecule has 1 aromatic heterocycles. The van der Waals surface area contributed by atoms with E-state index >= 15 is 0 Å². The molecule has 0 spiro atoms. The molecule has 5 nitrogen and oxygen atoms in total. The molecule has 18 heavy (non-hydrogen) atoms. The second-order valence-corrected chi connectivity index (χ2v) is 4.21.